The van der Waals surface area contributed by atoms with Crippen LogP contribution in [0.2, 0.25) is 0 Å². The van der Waals surface area contributed by atoms with Crippen molar-refractivity contribution >= 4 is 5.97 Å². The van der Waals surface area contributed by atoms with Gasteiger partial charge in [0.05, 0.1) is 6.10 Å². The maximum Gasteiger partial charge on any atom is 1.00 e. The summed E-state index contributed by atoms with van der Waals surface area (Å²) in [6, 6.07) is 0. The molecule has 66 valence electrons. The molecule has 0 unspecified atom stereocenters. The third-order valence-electron chi connectivity index (χ3n) is 0.755. The van der Waals surface area contributed by atoms with Crippen molar-refractivity contribution in [2.24, 2.45) is 0 Å². The molecule has 0 aliphatic carbocycles. The quantitative estimate of drug-likeness (QED) is 0.661. The van der Waals surface area contributed by atoms with Gasteiger partial charge in [-0.1, -0.05) is 6.08 Å². The molecule has 0 saturated heterocycles. The van der Waals surface area contributed by atoms with Crippen molar-refractivity contribution in [1.29, 1.82) is 0 Å². The van der Waals surface area contributed by atoms with Gasteiger partial charge in [-0.2, -0.15) is 0 Å². The van der Waals surface area contributed by atoms with Gasteiger partial charge in [-0.3, -0.25) is 0 Å². The van der Waals surface area contributed by atoms with Gasteiger partial charge < -0.3 is 14.6 Å². The normalized spacial score (nSPS) is 11.0. The summed E-state index contributed by atoms with van der Waals surface area (Å²) in [7, 11) is 1.67. The molecule has 0 aliphatic heterocycles. The Kier molecular flexibility index (Phi) is 20.5. The van der Waals surface area contributed by atoms with Crippen LogP contribution in [0, 0.1) is 6.08 Å². The largest absolute Gasteiger partial charge is 1.00 e. The average Bonchev–Trinajstić information content (AvgIpc) is 1.87. The molecule has 0 aromatic carbocycles. The number of carboxylic acids is 1. The molecule has 0 amide bonds. The monoisotopic (exact) mass is 360 g/mol. The second-order valence-electron chi connectivity index (χ2n) is 1.82. The van der Waals surface area contributed by atoms with Gasteiger partial charge in [-0.15, -0.1) is 0 Å². The van der Waals surface area contributed by atoms with Crippen molar-refractivity contribution in [2.75, 3.05) is 7.11 Å². The van der Waals surface area contributed by atoms with Crippen LogP contribution in [0.4, 0.5) is 0 Å². The summed E-state index contributed by atoms with van der Waals surface area (Å²) in [6.45, 7) is 4.84. The predicted molar refractivity (Wildman–Crippen MR) is 40.6 cm³/mol. The first-order valence-corrected chi connectivity index (χ1v) is 3.28. The van der Waals surface area contributed by atoms with Crippen LogP contribution in [0.25, 0.3) is 0 Å². The first kappa shape index (κ1) is 18.0. The summed E-state index contributed by atoms with van der Waals surface area (Å²) in [4.78, 5) is 8.89. The summed E-state index contributed by atoms with van der Waals surface area (Å²) in [5.41, 5.74) is 0. The smallest absolute Gasteiger partial charge is 0.550 e. The van der Waals surface area contributed by atoms with Crippen molar-refractivity contribution in [3.05, 3.63) is 12.2 Å². The summed E-state index contributed by atoms with van der Waals surface area (Å²) < 4.78 is 4.85. The van der Waals surface area contributed by atoms with Gasteiger partial charge in [-0.25, -0.2) is 0 Å². The van der Waals surface area contributed by atoms with Crippen LogP contribution in [0.15, 0.2) is 6.08 Å². The topological polar surface area (TPSA) is 49.4 Å². The van der Waals surface area contributed by atoms with Crippen molar-refractivity contribution in [1.82, 2.24) is 0 Å². The molecule has 4 heteroatoms. The molecule has 1 atom stereocenters. The summed E-state index contributed by atoms with van der Waals surface area (Å²) >= 11 is 0. The van der Waals surface area contributed by atoms with Crippen LogP contribution < -0.4 is 5.11 Å². The Balaban J connectivity index is -0.000000142. The van der Waals surface area contributed by atoms with Crippen LogP contribution in [0.3, 0.4) is 0 Å². The molecule has 0 N–H and O–H groups in total. The van der Waals surface area contributed by atoms with Crippen LogP contribution in [0.5, 0.6) is 0 Å². The number of rotatable bonds is 2. The number of carbonyl (C=O) groups is 1. The Morgan fingerprint density at radius 2 is 2.00 bits per heavy atom. The van der Waals surface area contributed by atoms with Crippen LogP contribution >= 0.6 is 0 Å². The number of hydrogen-bond donors (Lipinski definition) is 0. The van der Waals surface area contributed by atoms with E-state index in [1.807, 2.05) is 19.9 Å². The van der Waals surface area contributed by atoms with E-state index < -0.39 is 5.97 Å². The molecule has 2 radical (unpaired) electrons. The van der Waals surface area contributed by atoms with Gasteiger partial charge in [0.25, 0.3) is 0 Å². The molecule has 0 aromatic rings. The van der Waals surface area contributed by atoms with E-state index in [0.717, 1.165) is 6.92 Å². The molecule has 0 aromatic heterocycles. The standard InChI is InChI=1S/C6H11O.C2H4O2.Hg/c1-4-5-6(2)7-3;1-2(3)4;/h4,6H,1-3H3;1H3,(H,3,4);/q;;+1/p-1/t6-;;/m0../s1. The third kappa shape index (κ3) is 32.1. The van der Waals surface area contributed by atoms with Gasteiger partial charge in [-0.05, 0) is 26.8 Å². The average molecular weight is 359 g/mol. The van der Waals surface area contributed by atoms with E-state index >= 15 is 0 Å². The van der Waals surface area contributed by atoms with Gasteiger partial charge in [0, 0.05) is 13.1 Å². The van der Waals surface area contributed by atoms with E-state index in [1.165, 1.54) is 0 Å². The zero-order chi connectivity index (χ0) is 9.28. The van der Waals surface area contributed by atoms with Crippen LogP contribution in [-0.4, -0.2) is 19.2 Å². The molecule has 0 spiro atoms. The minimum Gasteiger partial charge on any atom is -0.550 e. The Labute approximate surface area is 94.3 Å². The maximum absolute atomic E-state index is 8.89. The molecular weight excluding hydrogens is 345 g/mol. The molecule has 3 nitrogen and oxygen atoms in total. The third-order valence-corrected chi connectivity index (χ3v) is 0.755. The van der Waals surface area contributed by atoms with Gasteiger partial charge in [0.1, 0.15) is 0 Å². The summed E-state index contributed by atoms with van der Waals surface area (Å²) in [6.07, 6.45) is 4.95. The molecule has 0 fully saturated rings. The fourth-order valence-electron chi connectivity index (χ4n) is 0.303. The number of ether oxygens (including phenoxy) is 1. The predicted octanol–water partition coefficient (Wildman–Crippen LogP) is 0.154. The molecule has 0 rings (SSSR count). The van der Waals surface area contributed by atoms with E-state index in [4.69, 9.17) is 14.6 Å². The number of hydrogen-bond acceptors (Lipinski definition) is 3. The summed E-state index contributed by atoms with van der Waals surface area (Å²) in [5, 5.41) is 8.89. The number of carboxylic acid groups (broad SMARTS) is 1. The fourth-order valence-corrected chi connectivity index (χ4v) is 0.303. The fraction of sp³-hybridized carbons (Fsp3) is 0.625. The minimum atomic E-state index is -1.08. The summed E-state index contributed by atoms with van der Waals surface area (Å²) in [5.74, 6) is -1.08. The molecule has 12 heavy (non-hydrogen) atoms. The van der Waals surface area contributed by atoms with E-state index in [1.54, 1.807) is 7.11 Å². The maximum atomic E-state index is 8.89. The second kappa shape index (κ2) is 13.7. The number of aliphatic carboxylic acids is 1. The molecule has 0 aliphatic rings. The van der Waals surface area contributed by atoms with Crippen molar-refractivity contribution in [3.8, 4) is 0 Å². The van der Waals surface area contributed by atoms with E-state index in [0.29, 0.717) is 0 Å². The number of allylic oxidation sites excluding steroid dienone is 1. The Hall–Kier alpha value is 0.105. The van der Waals surface area contributed by atoms with Crippen LogP contribution in [0.1, 0.15) is 20.8 Å². The van der Waals surface area contributed by atoms with Gasteiger partial charge >= 0.3 is 27.7 Å². The second-order valence-corrected chi connectivity index (χ2v) is 1.82. The van der Waals surface area contributed by atoms with Crippen molar-refractivity contribution in [3.63, 3.8) is 0 Å². The minimum absolute atomic E-state index is 0. The van der Waals surface area contributed by atoms with Crippen molar-refractivity contribution < 1.29 is 42.3 Å². The molecule has 0 bridgehead atoms. The first-order chi connectivity index (χ1) is 5.04. The van der Waals surface area contributed by atoms with Gasteiger partial charge in [0.2, 0.25) is 0 Å². The molecule has 0 heterocycles. The zero-order valence-corrected chi connectivity index (χ0v) is 13.6. The number of methoxy groups -OCH3 is 1. The van der Waals surface area contributed by atoms with Gasteiger partial charge in [0.15, 0.2) is 0 Å². The van der Waals surface area contributed by atoms with Crippen molar-refractivity contribution in [2.45, 2.75) is 26.9 Å². The Morgan fingerprint density at radius 1 is 1.67 bits per heavy atom. The van der Waals surface area contributed by atoms with Crippen LogP contribution in [-0.2, 0) is 37.2 Å². The Morgan fingerprint density at radius 3 is 2.08 bits per heavy atom. The van der Waals surface area contributed by atoms with E-state index in [-0.39, 0.29) is 33.8 Å². The van der Waals surface area contributed by atoms with E-state index in [9.17, 15) is 0 Å². The first-order valence-electron chi connectivity index (χ1n) is 3.28. The SMILES string of the molecule is CC(=O)[O-].CC=[C][C@H](C)OC.[Hg+]. The number of carbonyl (C=O) groups excluding carboxylic acids is 1. The zero-order valence-electron chi connectivity index (χ0n) is 8.09. The molecule has 0 saturated carbocycles. The Bertz CT molecular complexity index is 119. The van der Waals surface area contributed by atoms with E-state index in [2.05, 4.69) is 6.08 Å². The molecular formula is C8H14HgO3.